The van der Waals surface area contributed by atoms with Crippen LogP contribution in [0.15, 0.2) is 30.5 Å². The number of rotatable bonds is 3. The third-order valence-electron chi connectivity index (χ3n) is 6.01. The summed E-state index contributed by atoms with van der Waals surface area (Å²) < 4.78 is 41.0. The molecule has 5 rings (SSSR count). The molecule has 29 heavy (non-hydrogen) atoms. The first-order chi connectivity index (χ1) is 13.9. The zero-order chi connectivity index (χ0) is 20.2. The molecule has 3 heterocycles. The van der Waals surface area contributed by atoms with Gasteiger partial charge in [-0.25, -0.2) is 9.97 Å². The number of aromatic nitrogens is 2. The van der Waals surface area contributed by atoms with Gasteiger partial charge in [0.25, 0.3) is 0 Å². The number of allylic oxidation sites excluding steroid dienone is 1. The largest absolute Gasteiger partial charge is 0.419 e. The van der Waals surface area contributed by atoms with Gasteiger partial charge >= 0.3 is 6.18 Å². The van der Waals surface area contributed by atoms with E-state index in [1.165, 1.54) is 0 Å². The van der Waals surface area contributed by atoms with Gasteiger partial charge in [0.2, 0.25) is 5.95 Å². The summed E-state index contributed by atoms with van der Waals surface area (Å²) >= 11 is 0. The topological polar surface area (TPSA) is 73.6 Å². The molecule has 0 amide bonds. The molecular formula is C21H18F3N5. The van der Waals surface area contributed by atoms with Crippen LogP contribution < -0.4 is 10.6 Å². The molecule has 0 saturated carbocycles. The van der Waals surface area contributed by atoms with Crippen molar-refractivity contribution in [3.05, 3.63) is 58.4 Å². The molecule has 2 bridgehead atoms. The highest BCUT2D eigenvalue weighted by Crippen LogP contribution is 2.40. The maximum Gasteiger partial charge on any atom is 0.419 e. The Morgan fingerprint density at radius 2 is 2.10 bits per heavy atom. The number of halogens is 3. The van der Waals surface area contributed by atoms with Gasteiger partial charge < -0.3 is 10.6 Å². The molecule has 2 N–H and O–H groups in total. The van der Waals surface area contributed by atoms with E-state index >= 15 is 0 Å². The zero-order valence-electron chi connectivity index (χ0n) is 15.4. The first-order valence-electron chi connectivity index (χ1n) is 9.63. The Morgan fingerprint density at radius 3 is 2.79 bits per heavy atom. The molecule has 1 aliphatic carbocycles. The van der Waals surface area contributed by atoms with Crippen molar-refractivity contribution in [1.82, 2.24) is 15.3 Å². The van der Waals surface area contributed by atoms with Crippen molar-refractivity contribution in [2.45, 2.75) is 50.0 Å². The maximum absolute atomic E-state index is 13.7. The van der Waals surface area contributed by atoms with Gasteiger partial charge in [-0.15, -0.1) is 0 Å². The van der Waals surface area contributed by atoms with Crippen molar-refractivity contribution in [1.29, 1.82) is 5.26 Å². The fourth-order valence-corrected chi connectivity index (χ4v) is 4.65. The third kappa shape index (κ3) is 3.15. The number of fused-ring (bicyclic) bond motifs is 3. The van der Waals surface area contributed by atoms with Crippen LogP contribution in [0.4, 0.5) is 19.1 Å². The van der Waals surface area contributed by atoms with Gasteiger partial charge in [0.15, 0.2) is 0 Å². The van der Waals surface area contributed by atoms with Gasteiger partial charge in [0.1, 0.15) is 5.56 Å². The van der Waals surface area contributed by atoms with Gasteiger partial charge in [-0.3, -0.25) is 0 Å². The van der Waals surface area contributed by atoms with Gasteiger partial charge in [-0.05, 0) is 48.9 Å². The Bertz CT molecular complexity index is 1050. The standard InChI is InChI=1S/C21H18F3N5/c22-21(23,24)16-10-26-20(28-18-8-13-3-6-17(18)27-13)29-19(16)15-5-2-12-7-11(9-25)1-4-14(12)15/h1,4-5,7,10,13,17-18,27H,2-3,6,8H2,(H,26,28,29)/t13-,17+,18+/m1/s1. The number of alkyl halides is 3. The molecule has 2 aliphatic heterocycles. The third-order valence-corrected chi connectivity index (χ3v) is 6.01. The van der Waals surface area contributed by atoms with Crippen LogP contribution in [0.5, 0.6) is 0 Å². The van der Waals surface area contributed by atoms with Crippen molar-refractivity contribution in [3.8, 4) is 6.07 Å². The Morgan fingerprint density at radius 1 is 1.24 bits per heavy atom. The number of anilines is 1. The lowest BCUT2D eigenvalue weighted by atomic mass is 9.95. The Labute approximate surface area is 165 Å². The van der Waals surface area contributed by atoms with E-state index in [4.69, 9.17) is 5.26 Å². The quantitative estimate of drug-likeness (QED) is 0.827. The van der Waals surface area contributed by atoms with E-state index in [0.717, 1.165) is 31.0 Å². The fraction of sp³-hybridized carbons (Fsp3) is 0.381. The molecule has 1 aromatic carbocycles. The first kappa shape index (κ1) is 18.1. The highest BCUT2D eigenvalue weighted by molar-refractivity contribution is 5.85. The maximum atomic E-state index is 13.7. The van der Waals surface area contributed by atoms with E-state index in [2.05, 4.69) is 26.7 Å². The minimum absolute atomic E-state index is 0.116. The molecule has 1 aromatic heterocycles. The summed E-state index contributed by atoms with van der Waals surface area (Å²) in [5.74, 6) is 0.218. The number of benzene rings is 1. The summed E-state index contributed by atoms with van der Waals surface area (Å²) in [6.45, 7) is 0. The summed E-state index contributed by atoms with van der Waals surface area (Å²) in [5, 5.41) is 15.8. The molecule has 5 nitrogen and oxygen atoms in total. The summed E-state index contributed by atoms with van der Waals surface area (Å²) in [7, 11) is 0. The zero-order valence-corrected chi connectivity index (χ0v) is 15.4. The highest BCUT2D eigenvalue weighted by Gasteiger charge is 2.40. The normalized spacial score (nSPS) is 24.9. The van der Waals surface area contributed by atoms with Crippen LogP contribution in [0.25, 0.3) is 5.57 Å². The predicted molar refractivity (Wildman–Crippen MR) is 101 cm³/mol. The van der Waals surface area contributed by atoms with Crippen molar-refractivity contribution in [3.63, 3.8) is 0 Å². The molecule has 8 heteroatoms. The van der Waals surface area contributed by atoms with Crippen LogP contribution in [-0.2, 0) is 12.6 Å². The van der Waals surface area contributed by atoms with Crippen molar-refractivity contribution < 1.29 is 13.2 Å². The number of hydrogen-bond acceptors (Lipinski definition) is 5. The Balaban J connectivity index is 1.52. The molecular weight excluding hydrogens is 379 g/mol. The molecule has 3 atom stereocenters. The Kier molecular flexibility index (Phi) is 4.10. The van der Waals surface area contributed by atoms with E-state index < -0.39 is 11.7 Å². The van der Waals surface area contributed by atoms with E-state index in [9.17, 15) is 13.2 Å². The fourth-order valence-electron chi connectivity index (χ4n) is 4.65. The molecule has 2 aromatic rings. The van der Waals surface area contributed by atoms with Crippen LogP contribution >= 0.6 is 0 Å². The minimum Gasteiger partial charge on any atom is -0.350 e. The van der Waals surface area contributed by atoms with Crippen LogP contribution in [0.3, 0.4) is 0 Å². The van der Waals surface area contributed by atoms with Crippen molar-refractivity contribution in [2.75, 3.05) is 5.32 Å². The monoisotopic (exact) mass is 397 g/mol. The minimum atomic E-state index is -4.56. The van der Waals surface area contributed by atoms with Crippen molar-refractivity contribution >= 4 is 11.5 Å². The molecule has 0 unspecified atom stereocenters. The van der Waals surface area contributed by atoms with Crippen LogP contribution in [-0.4, -0.2) is 28.1 Å². The molecule has 2 saturated heterocycles. The second-order valence-electron chi connectivity index (χ2n) is 7.79. The smallest absolute Gasteiger partial charge is 0.350 e. The lowest BCUT2D eigenvalue weighted by molar-refractivity contribution is -0.138. The van der Waals surface area contributed by atoms with Crippen molar-refractivity contribution in [2.24, 2.45) is 0 Å². The molecule has 0 spiro atoms. The number of nitrogens with one attached hydrogen (secondary N) is 2. The van der Waals surface area contributed by atoms with Crippen LogP contribution in [0, 0.1) is 11.3 Å². The van der Waals surface area contributed by atoms with E-state index in [1.807, 2.05) is 0 Å². The highest BCUT2D eigenvalue weighted by atomic mass is 19.4. The van der Waals surface area contributed by atoms with Gasteiger partial charge in [-0.1, -0.05) is 12.1 Å². The summed E-state index contributed by atoms with van der Waals surface area (Å²) in [5.41, 5.74) is 1.47. The van der Waals surface area contributed by atoms with Crippen LogP contribution in [0.2, 0.25) is 0 Å². The SMILES string of the molecule is N#Cc1ccc2c(c1)CC=C2c1nc(N[C@H]2C[C@H]3CC[C@@H]2N3)ncc1C(F)(F)F. The average Bonchev–Trinajstić information content (AvgIpc) is 3.41. The Hall–Kier alpha value is -2.92. The summed E-state index contributed by atoms with van der Waals surface area (Å²) in [6.07, 6.45) is 1.64. The van der Waals surface area contributed by atoms with Gasteiger partial charge in [0.05, 0.1) is 17.3 Å². The van der Waals surface area contributed by atoms with E-state index in [1.54, 1.807) is 24.3 Å². The number of nitrogens with zero attached hydrogens (tertiary/aromatic N) is 3. The van der Waals surface area contributed by atoms with Gasteiger partial charge in [0, 0.05) is 29.9 Å². The summed E-state index contributed by atoms with van der Waals surface area (Å²) in [4.78, 5) is 8.27. The lowest BCUT2D eigenvalue weighted by Crippen LogP contribution is -2.34. The lowest BCUT2D eigenvalue weighted by Gasteiger charge is -2.22. The second-order valence-corrected chi connectivity index (χ2v) is 7.79. The predicted octanol–water partition coefficient (Wildman–Crippen LogP) is 3.66. The molecule has 0 radical (unpaired) electrons. The van der Waals surface area contributed by atoms with E-state index in [0.29, 0.717) is 35.2 Å². The van der Waals surface area contributed by atoms with E-state index in [-0.39, 0.29) is 17.7 Å². The number of nitriles is 1. The molecule has 3 aliphatic rings. The first-order valence-corrected chi connectivity index (χ1v) is 9.63. The molecule has 148 valence electrons. The average molecular weight is 397 g/mol. The van der Waals surface area contributed by atoms with Gasteiger partial charge in [-0.2, -0.15) is 18.4 Å². The summed E-state index contributed by atoms with van der Waals surface area (Å²) in [6, 6.07) is 7.99. The second kappa shape index (κ2) is 6.56. The number of hydrogen-bond donors (Lipinski definition) is 2. The molecule has 2 fully saturated rings. The van der Waals surface area contributed by atoms with Crippen LogP contribution in [0.1, 0.15) is 47.2 Å².